The molecule has 0 aliphatic carbocycles. The van der Waals surface area contributed by atoms with E-state index in [1.165, 1.54) is 5.69 Å². The first kappa shape index (κ1) is 15.7. The predicted molar refractivity (Wildman–Crippen MR) is 90.4 cm³/mol. The molecule has 2 saturated heterocycles. The number of rotatable bonds is 3. The number of anilines is 1. The van der Waals surface area contributed by atoms with Crippen molar-refractivity contribution in [2.75, 3.05) is 24.5 Å². The van der Waals surface area contributed by atoms with E-state index in [0.29, 0.717) is 30.5 Å². The minimum atomic E-state index is -3.55. The summed E-state index contributed by atoms with van der Waals surface area (Å²) in [6.45, 7) is 5.40. The van der Waals surface area contributed by atoms with E-state index in [1.54, 1.807) is 18.2 Å². The zero-order valence-electron chi connectivity index (χ0n) is 13.8. The molecule has 2 fully saturated rings. The van der Waals surface area contributed by atoms with E-state index in [0.717, 1.165) is 13.0 Å². The highest BCUT2D eigenvalue weighted by Crippen LogP contribution is 2.37. The van der Waals surface area contributed by atoms with Crippen LogP contribution in [0.3, 0.4) is 0 Å². The summed E-state index contributed by atoms with van der Waals surface area (Å²) in [5.41, 5.74) is 1.60. The Morgan fingerprint density at radius 3 is 2.58 bits per heavy atom. The van der Waals surface area contributed by atoms with Crippen molar-refractivity contribution in [1.82, 2.24) is 9.46 Å². The van der Waals surface area contributed by atoms with Crippen molar-refractivity contribution in [3.8, 4) is 0 Å². The summed E-state index contributed by atoms with van der Waals surface area (Å²) < 4.78 is 32.7. The van der Waals surface area contributed by atoms with Crippen LogP contribution in [0, 0.1) is 19.8 Å². The Kier molecular flexibility index (Phi) is 3.65. The van der Waals surface area contributed by atoms with Gasteiger partial charge in [0, 0.05) is 31.4 Å². The fraction of sp³-hybridized carbons (Fsp3) is 0.471. The fourth-order valence-corrected chi connectivity index (χ4v) is 5.84. The van der Waals surface area contributed by atoms with E-state index in [4.69, 9.17) is 4.52 Å². The SMILES string of the molecule is Cc1noc(C)c1S(=O)(=O)N1C[C@@H]2CCN(c3ccccc3)[C@@H]2C1. The molecule has 0 radical (unpaired) electrons. The van der Waals surface area contributed by atoms with Crippen molar-refractivity contribution in [1.29, 1.82) is 0 Å². The summed E-state index contributed by atoms with van der Waals surface area (Å²) in [7, 11) is -3.55. The number of aryl methyl sites for hydroxylation is 2. The normalized spacial score (nSPS) is 24.5. The van der Waals surface area contributed by atoms with Crippen molar-refractivity contribution in [3.05, 3.63) is 41.8 Å². The molecular weight excluding hydrogens is 326 g/mol. The van der Waals surface area contributed by atoms with Crippen LogP contribution in [0.25, 0.3) is 0 Å². The minimum absolute atomic E-state index is 0.230. The van der Waals surface area contributed by atoms with Gasteiger partial charge in [0.25, 0.3) is 0 Å². The lowest BCUT2D eigenvalue weighted by atomic mass is 10.1. The Hall–Kier alpha value is -1.86. The first-order chi connectivity index (χ1) is 11.5. The molecule has 7 heteroatoms. The van der Waals surface area contributed by atoms with E-state index in [1.807, 2.05) is 18.2 Å². The van der Waals surface area contributed by atoms with Gasteiger partial charge in [-0.2, -0.15) is 4.31 Å². The third-order valence-electron chi connectivity index (χ3n) is 5.17. The van der Waals surface area contributed by atoms with Gasteiger partial charge < -0.3 is 9.42 Å². The van der Waals surface area contributed by atoms with Crippen LogP contribution in [0.4, 0.5) is 5.69 Å². The molecule has 0 amide bonds. The number of fused-ring (bicyclic) bond motifs is 1. The lowest BCUT2D eigenvalue weighted by molar-refractivity contribution is 0.389. The van der Waals surface area contributed by atoms with Crippen molar-refractivity contribution < 1.29 is 12.9 Å². The average molecular weight is 347 g/mol. The van der Waals surface area contributed by atoms with E-state index < -0.39 is 10.0 Å². The van der Waals surface area contributed by atoms with Crippen molar-refractivity contribution in [2.24, 2.45) is 5.92 Å². The number of para-hydroxylation sites is 1. The number of hydrogen-bond acceptors (Lipinski definition) is 5. The van der Waals surface area contributed by atoms with Gasteiger partial charge in [-0.3, -0.25) is 0 Å². The Labute approximate surface area is 142 Å². The first-order valence-electron chi connectivity index (χ1n) is 8.23. The number of benzene rings is 1. The molecule has 4 rings (SSSR count). The fourth-order valence-electron chi connectivity index (χ4n) is 4.03. The molecule has 6 nitrogen and oxygen atoms in total. The maximum absolute atomic E-state index is 13.0. The van der Waals surface area contributed by atoms with Gasteiger partial charge in [0.1, 0.15) is 10.6 Å². The number of sulfonamides is 1. The molecule has 0 unspecified atom stereocenters. The quantitative estimate of drug-likeness (QED) is 0.851. The maximum atomic E-state index is 13.0. The van der Waals surface area contributed by atoms with Crippen LogP contribution in [-0.4, -0.2) is 43.6 Å². The largest absolute Gasteiger partial charge is 0.367 e. The molecule has 0 spiro atoms. The molecular formula is C17H21N3O3S. The molecule has 0 saturated carbocycles. The monoisotopic (exact) mass is 347 g/mol. The summed E-state index contributed by atoms with van der Waals surface area (Å²) in [4.78, 5) is 2.57. The summed E-state index contributed by atoms with van der Waals surface area (Å²) in [6, 6.07) is 10.5. The third kappa shape index (κ3) is 2.34. The van der Waals surface area contributed by atoms with E-state index in [-0.39, 0.29) is 10.9 Å². The maximum Gasteiger partial charge on any atom is 0.248 e. The molecule has 0 bridgehead atoms. The molecule has 128 valence electrons. The molecule has 0 N–H and O–H groups in total. The van der Waals surface area contributed by atoms with E-state index >= 15 is 0 Å². The lowest BCUT2D eigenvalue weighted by Crippen LogP contribution is -2.37. The van der Waals surface area contributed by atoms with Crippen molar-refractivity contribution >= 4 is 15.7 Å². The second-order valence-electron chi connectivity index (χ2n) is 6.62. The van der Waals surface area contributed by atoms with Crippen LogP contribution in [0.2, 0.25) is 0 Å². The van der Waals surface area contributed by atoms with Crippen LogP contribution in [0.15, 0.2) is 39.8 Å². The number of aromatic nitrogens is 1. The second kappa shape index (κ2) is 5.60. The predicted octanol–water partition coefficient (Wildman–Crippen LogP) is 2.19. The van der Waals surface area contributed by atoms with Crippen LogP contribution in [0.5, 0.6) is 0 Å². The zero-order valence-corrected chi connectivity index (χ0v) is 14.7. The Morgan fingerprint density at radius 1 is 1.17 bits per heavy atom. The lowest BCUT2D eigenvalue weighted by Gasteiger charge is -2.26. The van der Waals surface area contributed by atoms with Crippen LogP contribution in [-0.2, 0) is 10.0 Å². The van der Waals surface area contributed by atoms with Gasteiger partial charge in [0.2, 0.25) is 10.0 Å². The molecule has 2 aliphatic heterocycles. The highest BCUT2D eigenvalue weighted by Gasteiger charge is 2.46. The van der Waals surface area contributed by atoms with Crippen molar-refractivity contribution in [2.45, 2.75) is 31.2 Å². The van der Waals surface area contributed by atoms with E-state index in [2.05, 4.69) is 22.2 Å². The Balaban J connectivity index is 1.61. The van der Waals surface area contributed by atoms with Crippen LogP contribution >= 0.6 is 0 Å². The summed E-state index contributed by atoms with van der Waals surface area (Å²) in [5, 5.41) is 3.80. The van der Waals surface area contributed by atoms with Gasteiger partial charge in [0.15, 0.2) is 5.76 Å². The van der Waals surface area contributed by atoms with E-state index in [9.17, 15) is 8.42 Å². The molecule has 2 atom stereocenters. The zero-order chi connectivity index (χ0) is 16.9. The highest BCUT2D eigenvalue weighted by molar-refractivity contribution is 7.89. The molecule has 1 aromatic carbocycles. The average Bonchev–Trinajstić information content (AvgIpc) is 3.22. The second-order valence-corrected chi connectivity index (χ2v) is 8.50. The van der Waals surface area contributed by atoms with Crippen LogP contribution in [0.1, 0.15) is 17.9 Å². The molecule has 24 heavy (non-hydrogen) atoms. The van der Waals surface area contributed by atoms with Gasteiger partial charge in [-0.1, -0.05) is 23.4 Å². The number of hydrogen-bond donors (Lipinski definition) is 0. The molecule has 2 aliphatic rings. The van der Waals surface area contributed by atoms with Gasteiger partial charge in [-0.25, -0.2) is 8.42 Å². The molecule has 3 heterocycles. The van der Waals surface area contributed by atoms with Crippen molar-refractivity contribution in [3.63, 3.8) is 0 Å². The first-order valence-corrected chi connectivity index (χ1v) is 9.67. The highest BCUT2D eigenvalue weighted by atomic mass is 32.2. The number of nitrogens with zero attached hydrogens (tertiary/aromatic N) is 3. The van der Waals surface area contributed by atoms with Gasteiger partial charge in [-0.05, 0) is 38.3 Å². The Morgan fingerprint density at radius 2 is 1.92 bits per heavy atom. The Bertz CT molecular complexity index is 828. The van der Waals surface area contributed by atoms with Gasteiger partial charge in [-0.15, -0.1) is 0 Å². The standard InChI is InChI=1S/C17H21N3O3S/c1-12-17(13(2)23-18-12)24(21,22)19-10-14-8-9-20(16(14)11-19)15-6-4-3-5-7-15/h3-7,14,16H,8-11H2,1-2H3/t14-,16+/m0/s1. The summed E-state index contributed by atoms with van der Waals surface area (Å²) in [5.74, 6) is 0.741. The van der Waals surface area contributed by atoms with Crippen LogP contribution < -0.4 is 4.90 Å². The third-order valence-corrected chi connectivity index (χ3v) is 7.24. The topological polar surface area (TPSA) is 66.7 Å². The summed E-state index contributed by atoms with van der Waals surface area (Å²) in [6.07, 6.45) is 1.02. The molecule has 1 aromatic heterocycles. The van der Waals surface area contributed by atoms with Gasteiger partial charge >= 0.3 is 0 Å². The minimum Gasteiger partial charge on any atom is -0.367 e. The smallest absolute Gasteiger partial charge is 0.248 e. The summed E-state index contributed by atoms with van der Waals surface area (Å²) >= 11 is 0. The molecule has 2 aromatic rings. The van der Waals surface area contributed by atoms with Gasteiger partial charge in [0.05, 0.1) is 0 Å².